The van der Waals surface area contributed by atoms with Gasteiger partial charge in [-0.15, -0.1) is 0 Å². The molecule has 0 spiro atoms. The minimum absolute atomic E-state index is 0.0405. The Bertz CT molecular complexity index is 2420. The zero-order valence-electron chi connectivity index (χ0n) is 50.4. The molecule has 19 nitrogen and oxygen atoms in total. The van der Waals surface area contributed by atoms with E-state index in [0.29, 0.717) is 53.2 Å². The van der Waals surface area contributed by atoms with Crippen molar-refractivity contribution >= 4 is 35.1 Å². The zero-order valence-corrected chi connectivity index (χ0v) is 50.4. The molecule has 8 rings (SSSR count). The van der Waals surface area contributed by atoms with Gasteiger partial charge in [-0.25, -0.2) is 9.79 Å². The lowest BCUT2D eigenvalue weighted by Crippen LogP contribution is -2.70. The number of β-amino-alcohol motifs (C(OH)–C–C–N with tert-alkyl or cyclic N) is 1. The molecule has 0 radical (unpaired) electrons. The molecular formula is C62H99N11O8. The number of carbonyl (C=O) groups is 4. The number of hydrogen-bond acceptors (Lipinski definition) is 15. The highest BCUT2D eigenvalue weighted by Gasteiger charge is 2.62. The first-order valence-corrected chi connectivity index (χ1v) is 30.3. The number of ether oxygens (including phenoxy) is 2. The maximum Gasteiger partial charge on any atom is 0.330 e. The third-order valence-corrected chi connectivity index (χ3v) is 18.3. The molecule has 5 N–H and O–H groups in total. The Hall–Kier alpha value is -5.15. The number of aliphatic hydroxyl groups is 1. The molecule has 2 saturated heterocycles. The first-order chi connectivity index (χ1) is 38.9. The van der Waals surface area contributed by atoms with E-state index in [-0.39, 0.29) is 47.6 Å². The molecular weight excluding hydrogens is 1030 g/mol. The van der Waals surface area contributed by atoms with Crippen LogP contribution in [0.4, 0.5) is 5.69 Å². The highest BCUT2D eigenvalue weighted by molar-refractivity contribution is 6.16. The molecule has 6 aliphatic rings. The third-order valence-electron chi connectivity index (χ3n) is 18.3. The summed E-state index contributed by atoms with van der Waals surface area (Å²) in [5.74, 6) is -0.00772. The summed E-state index contributed by atoms with van der Waals surface area (Å²) in [5.41, 5.74) is 7.77. The molecule has 2 heterocycles. The van der Waals surface area contributed by atoms with E-state index in [0.717, 1.165) is 174 Å². The van der Waals surface area contributed by atoms with E-state index in [1.165, 1.54) is 6.08 Å². The third kappa shape index (κ3) is 17.0. The Morgan fingerprint density at radius 2 is 1.26 bits per heavy atom. The minimum Gasteiger partial charge on any atom is -0.496 e. The average Bonchev–Trinajstić information content (AvgIpc) is 3.32. The van der Waals surface area contributed by atoms with Crippen molar-refractivity contribution < 1.29 is 38.9 Å². The van der Waals surface area contributed by atoms with Gasteiger partial charge in [-0.05, 0) is 202 Å². The van der Waals surface area contributed by atoms with Crippen LogP contribution >= 0.6 is 0 Å². The van der Waals surface area contributed by atoms with Gasteiger partial charge >= 0.3 is 5.97 Å². The smallest absolute Gasteiger partial charge is 0.330 e. The lowest BCUT2D eigenvalue weighted by Gasteiger charge is -2.59. The monoisotopic (exact) mass is 1130 g/mol. The van der Waals surface area contributed by atoms with Crippen molar-refractivity contribution in [3.63, 3.8) is 0 Å². The summed E-state index contributed by atoms with van der Waals surface area (Å²) in [7, 11) is 11.1. The van der Waals surface area contributed by atoms with Crippen LogP contribution in [0.3, 0.4) is 0 Å². The SMILES string of the molecule is COc1cccc(OC)c1C(/C=C(\N)C(=O)NC1(C(=O)O)C2CC3CC(C2)CC1C3)=Nc1ccc(C(=O)N(C)CCCN(C)CCCN(C)CCCN(C)C(=O)CN2CCCN3CCN(CCO)CCCN(CC3)CC2)cc1C(C)C. The molecule has 450 valence electrons. The summed E-state index contributed by atoms with van der Waals surface area (Å²) in [6.45, 7) is 20.6. The molecule has 2 unspecified atom stereocenters. The molecule has 2 aromatic rings. The minimum atomic E-state index is -1.38. The number of methoxy groups -OCH3 is 2. The van der Waals surface area contributed by atoms with Gasteiger partial charge in [0.1, 0.15) is 17.0 Å². The average molecular weight is 1130 g/mol. The number of carbonyl (C=O) groups excluding carboxylic acids is 3. The fourth-order valence-corrected chi connectivity index (χ4v) is 13.7. The zero-order chi connectivity index (χ0) is 58.2. The normalized spacial score (nSPS) is 24.8. The molecule has 6 bridgehead atoms. The maximum atomic E-state index is 14.1. The quantitative estimate of drug-likeness (QED) is 0.0742. The Balaban J connectivity index is 0.874. The number of aliphatic carboxylic acids is 1. The second kappa shape index (κ2) is 30.4. The van der Waals surface area contributed by atoms with Crippen LogP contribution in [-0.4, -0.2) is 251 Å². The Morgan fingerprint density at radius 3 is 1.80 bits per heavy atom. The fourth-order valence-electron chi connectivity index (χ4n) is 13.7. The second-order valence-corrected chi connectivity index (χ2v) is 24.4. The summed E-state index contributed by atoms with van der Waals surface area (Å²) in [6, 6.07) is 10.8. The first kappa shape index (κ1) is 63.4. The van der Waals surface area contributed by atoms with Crippen LogP contribution in [0.5, 0.6) is 11.5 Å². The largest absolute Gasteiger partial charge is 0.496 e. The van der Waals surface area contributed by atoms with Gasteiger partial charge in [0.2, 0.25) is 5.91 Å². The molecule has 81 heavy (non-hydrogen) atoms. The summed E-state index contributed by atoms with van der Waals surface area (Å²) in [5, 5.41) is 23.2. The molecule has 4 saturated carbocycles. The van der Waals surface area contributed by atoms with E-state index in [1.807, 2.05) is 45.0 Å². The van der Waals surface area contributed by atoms with E-state index in [4.69, 9.17) is 20.2 Å². The van der Waals surface area contributed by atoms with Crippen LogP contribution in [-0.2, 0) is 14.4 Å². The number of carboxylic acid groups (broad SMARTS) is 1. The van der Waals surface area contributed by atoms with Crippen molar-refractivity contribution in [1.82, 2.24) is 44.5 Å². The molecule has 2 aromatic carbocycles. The number of carboxylic acids is 1. The Labute approximate surface area is 483 Å². The predicted octanol–water partition coefficient (Wildman–Crippen LogP) is 4.76. The number of amides is 3. The van der Waals surface area contributed by atoms with Crippen molar-refractivity contribution in [2.45, 2.75) is 89.5 Å². The van der Waals surface area contributed by atoms with Crippen LogP contribution in [0.25, 0.3) is 0 Å². The number of nitrogens with zero attached hydrogens (tertiary/aromatic N) is 9. The highest BCUT2D eigenvalue weighted by atomic mass is 16.5. The van der Waals surface area contributed by atoms with Crippen LogP contribution in [0.1, 0.15) is 105 Å². The standard InChI is InChI=1S/C62H99N11O8/c1-45(2)51-42-48(17-18-53(51)64-54(58-55(80-7)15-9-16-56(58)81-8)43-52(63)59(76)65-62(61(78)79)49-38-46-37-47(40-49)41-50(62)39-46)60(77)69(6)24-12-22-67(4)20-10-19-66(3)21-11-23-68(5)57(75)44-73-28-14-26-70-29-30-71(33-34-73)25-13-27-72(32-31-70)35-36-74/h9,15-18,42-43,45-47,49-50,74H,10-14,19-41,44,63H2,1-8H3,(H,65,76)(H,78,79)/b52-43-,64-54?. The molecule has 3 amide bonds. The summed E-state index contributed by atoms with van der Waals surface area (Å²) in [4.78, 5) is 78.1. The molecule has 19 heteroatoms. The van der Waals surface area contributed by atoms with Crippen molar-refractivity contribution in [3.05, 3.63) is 64.9 Å². The van der Waals surface area contributed by atoms with Gasteiger partial charge in [0.05, 0.1) is 50.0 Å². The van der Waals surface area contributed by atoms with Crippen LogP contribution in [0.2, 0.25) is 0 Å². The molecule has 4 aliphatic carbocycles. The molecule has 6 fully saturated rings. The number of allylic oxidation sites excluding steroid dienone is 1. The topological polar surface area (TPSA) is 204 Å². The number of nitrogens with one attached hydrogen (secondary N) is 1. The summed E-state index contributed by atoms with van der Waals surface area (Å²) < 4.78 is 11.6. The van der Waals surface area contributed by atoms with E-state index in [9.17, 15) is 29.4 Å². The number of hydrogen-bond donors (Lipinski definition) is 4. The molecule has 0 aromatic heterocycles. The van der Waals surface area contributed by atoms with Crippen molar-refractivity contribution in [2.75, 3.05) is 167 Å². The summed E-state index contributed by atoms with van der Waals surface area (Å²) >= 11 is 0. The van der Waals surface area contributed by atoms with Crippen molar-refractivity contribution in [3.8, 4) is 11.5 Å². The van der Waals surface area contributed by atoms with Crippen LogP contribution in [0, 0.1) is 23.7 Å². The van der Waals surface area contributed by atoms with Crippen molar-refractivity contribution in [1.29, 1.82) is 0 Å². The number of fused-ring (bicyclic) bond motifs is 3. The van der Waals surface area contributed by atoms with Crippen LogP contribution < -0.4 is 20.5 Å². The van der Waals surface area contributed by atoms with Crippen molar-refractivity contribution in [2.24, 2.45) is 34.4 Å². The molecule has 2 atom stereocenters. The van der Waals surface area contributed by atoms with E-state index < -0.39 is 17.4 Å². The van der Waals surface area contributed by atoms with Gasteiger partial charge in [-0.1, -0.05) is 19.9 Å². The number of aliphatic imine (C=N–C) groups is 1. The summed E-state index contributed by atoms with van der Waals surface area (Å²) in [6.07, 6.45) is 10.7. The fraction of sp³-hybridized carbons (Fsp3) is 0.694. The Kier molecular flexibility index (Phi) is 23.8. The maximum absolute atomic E-state index is 14.1. The molecule has 2 aliphatic heterocycles. The predicted molar refractivity (Wildman–Crippen MR) is 320 cm³/mol. The lowest BCUT2D eigenvalue weighted by molar-refractivity contribution is -0.167. The van der Waals surface area contributed by atoms with E-state index in [2.05, 4.69) is 48.8 Å². The first-order valence-electron chi connectivity index (χ1n) is 30.3. The highest BCUT2D eigenvalue weighted by Crippen LogP contribution is 2.58. The van der Waals surface area contributed by atoms with Gasteiger partial charge in [0.15, 0.2) is 0 Å². The van der Waals surface area contributed by atoms with Crippen LogP contribution in [0.15, 0.2) is 53.2 Å². The number of likely N-dealkylation sites (N-methyl/N-ethyl adjacent to an activating group) is 1. The van der Waals surface area contributed by atoms with Gasteiger partial charge in [0.25, 0.3) is 11.8 Å². The van der Waals surface area contributed by atoms with Gasteiger partial charge in [-0.3, -0.25) is 24.2 Å². The number of benzene rings is 2. The van der Waals surface area contributed by atoms with Gasteiger partial charge in [-0.2, -0.15) is 0 Å². The van der Waals surface area contributed by atoms with E-state index in [1.54, 1.807) is 43.4 Å². The number of aliphatic hydroxyl groups excluding tert-OH is 1. The Morgan fingerprint density at radius 1 is 0.728 bits per heavy atom. The number of rotatable bonds is 26. The van der Waals surface area contributed by atoms with E-state index >= 15 is 0 Å². The lowest BCUT2D eigenvalue weighted by atomic mass is 9.48. The van der Waals surface area contributed by atoms with Gasteiger partial charge in [0, 0.05) is 78.6 Å². The number of nitrogens with two attached hydrogens (primary N) is 1. The second-order valence-electron chi connectivity index (χ2n) is 24.4. The van der Waals surface area contributed by atoms with Gasteiger partial charge < -0.3 is 60.1 Å².